The summed E-state index contributed by atoms with van der Waals surface area (Å²) in [6.45, 7) is 0.852. The van der Waals surface area contributed by atoms with Crippen LogP contribution in [0.5, 0.6) is 0 Å². The average Bonchev–Trinajstić information content (AvgIpc) is 3.11. The van der Waals surface area contributed by atoms with Gasteiger partial charge in [-0.1, -0.05) is 0 Å². The van der Waals surface area contributed by atoms with Crippen molar-refractivity contribution in [3.63, 3.8) is 0 Å². The number of carbonyl (C=O) groups excluding carboxylic acids is 1. The lowest BCUT2D eigenvalue weighted by Gasteiger charge is -2.24. The van der Waals surface area contributed by atoms with Crippen LogP contribution in [0, 0.1) is 0 Å². The van der Waals surface area contributed by atoms with Crippen LogP contribution in [0.3, 0.4) is 0 Å². The maximum Gasteiger partial charge on any atom is 0.240 e. The van der Waals surface area contributed by atoms with E-state index in [9.17, 15) is 4.79 Å². The molecule has 2 aromatic rings. The van der Waals surface area contributed by atoms with Crippen molar-refractivity contribution in [2.75, 3.05) is 11.4 Å². The minimum absolute atomic E-state index is 0.220. The highest BCUT2D eigenvalue weighted by molar-refractivity contribution is 7.19. The number of fused-ring (bicyclic) bond motifs is 3. The zero-order valence-corrected chi connectivity index (χ0v) is 12.7. The van der Waals surface area contributed by atoms with Crippen LogP contribution >= 0.6 is 11.3 Å². The minimum atomic E-state index is -0.247. The first-order valence-electron chi connectivity index (χ1n) is 7.57. The molecule has 0 saturated carbocycles. The van der Waals surface area contributed by atoms with Gasteiger partial charge in [0, 0.05) is 11.4 Å². The van der Waals surface area contributed by atoms with Gasteiger partial charge in [-0.25, -0.2) is 9.97 Å². The summed E-state index contributed by atoms with van der Waals surface area (Å²) in [4.78, 5) is 25.3. The number of carbonyl (C=O) groups is 1. The van der Waals surface area contributed by atoms with E-state index >= 15 is 0 Å². The molecule has 2 N–H and O–H groups in total. The molecule has 1 atom stereocenters. The Bertz CT molecular complexity index is 711. The Balaban J connectivity index is 1.88. The molecule has 1 amide bonds. The van der Waals surface area contributed by atoms with Gasteiger partial charge < -0.3 is 10.6 Å². The summed E-state index contributed by atoms with van der Waals surface area (Å²) in [5, 5.41) is 1.17. The molecule has 21 heavy (non-hydrogen) atoms. The lowest BCUT2D eigenvalue weighted by molar-refractivity contribution is -0.119. The third-order valence-corrected chi connectivity index (χ3v) is 5.78. The number of aryl methyl sites for hydroxylation is 2. The second kappa shape index (κ2) is 4.94. The molecule has 0 bridgehead atoms. The summed E-state index contributed by atoms with van der Waals surface area (Å²) in [5.41, 5.74) is 6.97. The molecule has 0 radical (unpaired) electrons. The molecular weight excluding hydrogens is 284 g/mol. The Labute approximate surface area is 127 Å². The summed E-state index contributed by atoms with van der Waals surface area (Å²) >= 11 is 1.79. The predicted molar refractivity (Wildman–Crippen MR) is 83.6 cm³/mol. The summed E-state index contributed by atoms with van der Waals surface area (Å²) < 4.78 is 0. The van der Waals surface area contributed by atoms with Gasteiger partial charge in [0.15, 0.2) is 0 Å². The number of nitrogens with two attached hydrogens (primary N) is 1. The fourth-order valence-corrected chi connectivity index (χ4v) is 4.83. The van der Waals surface area contributed by atoms with Crippen LogP contribution in [0.25, 0.3) is 10.2 Å². The van der Waals surface area contributed by atoms with E-state index in [-0.39, 0.29) is 11.9 Å². The number of hydrogen-bond acceptors (Lipinski definition) is 5. The highest BCUT2D eigenvalue weighted by Crippen LogP contribution is 2.40. The number of nitrogens with zero attached hydrogens (tertiary/aromatic N) is 3. The maximum absolute atomic E-state index is 11.7. The van der Waals surface area contributed by atoms with Crippen molar-refractivity contribution in [3.05, 3.63) is 16.8 Å². The van der Waals surface area contributed by atoms with Crippen molar-refractivity contribution in [2.45, 2.75) is 44.6 Å². The Kier molecular flexibility index (Phi) is 3.06. The fraction of sp³-hybridized carbons (Fsp3) is 0.533. The van der Waals surface area contributed by atoms with E-state index in [1.165, 1.54) is 28.7 Å². The van der Waals surface area contributed by atoms with Gasteiger partial charge >= 0.3 is 0 Å². The number of hydrogen-bond donors (Lipinski definition) is 1. The largest absolute Gasteiger partial charge is 0.368 e. The number of thiophene rings is 1. The lowest BCUT2D eigenvalue weighted by Crippen LogP contribution is -2.40. The highest BCUT2D eigenvalue weighted by Gasteiger charge is 2.32. The Morgan fingerprint density at radius 2 is 2.14 bits per heavy atom. The third-order valence-electron chi connectivity index (χ3n) is 4.58. The van der Waals surface area contributed by atoms with Crippen LogP contribution in [0.4, 0.5) is 5.82 Å². The quantitative estimate of drug-likeness (QED) is 0.921. The topological polar surface area (TPSA) is 72.1 Å². The summed E-state index contributed by atoms with van der Waals surface area (Å²) in [6, 6.07) is -0.220. The molecule has 0 spiro atoms. The Morgan fingerprint density at radius 3 is 3.00 bits per heavy atom. The highest BCUT2D eigenvalue weighted by atomic mass is 32.1. The zero-order valence-electron chi connectivity index (χ0n) is 11.8. The molecule has 110 valence electrons. The first-order chi connectivity index (χ1) is 10.3. The van der Waals surface area contributed by atoms with Crippen LogP contribution in [0.15, 0.2) is 6.33 Å². The van der Waals surface area contributed by atoms with Gasteiger partial charge in [0.2, 0.25) is 5.91 Å². The van der Waals surface area contributed by atoms with Crippen LogP contribution in [0.1, 0.15) is 36.1 Å². The number of anilines is 1. The molecule has 2 aromatic heterocycles. The van der Waals surface area contributed by atoms with Crippen LogP contribution in [-0.2, 0) is 17.6 Å². The fourth-order valence-electron chi connectivity index (χ4n) is 3.61. The van der Waals surface area contributed by atoms with Crippen molar-refractivity contribution >= 4 is 33.3 Å². The second-order valence-corrected chi connectivity index (χ2v) is 6.93. The van der Waals surface area contributed by atoms with Crippen molar-refractivity contribution < 1.29 is 4.79 Å². The standard InChI is InChI=1S/C15H18N4OS/c16-13(20)10-5-3-7-19(10)14-12-9-4-1-2-6-11(9)21-15(12)18-8-17-14/h8,10H,1-7H2,(H2,16,20)/t10-/m0/s1. The van der Waals surface area contributed by atoms with Gasteiger partial charge in [-0.2, -0.15) is 0 Å². The summed E-state index contributed by atoms with van der Waals surface area (Å²) in [6.07, 6.45) is 8.18. The lowest BCUT2D eigenvalue weighted by atomic mass is 9.97. The number of amides is 1. The van der Waals surface area contributed by atoms with E-state index in [4.69, 9.17) is 5.73 Å². The van der Waals surface area contributed by atoms with Crippen LogP contribution in [0.2, 0.25) is 0 Å². The van der Waals surface area contributed by atoms with Crippen LogP contribution < -0.4 is 10.6 Å². The van der Waals surface area contributed by atoms with E-state index in [0.717, 1.165) is 42.9 Å². The zero-order chi connectivity index (χ0) is 14.4. The van der Waals surface area contributed by atoms with Crippen molar-refractivity contribution in [2.24, 2.45) is 5.73 Å². The van der Waals surface area contributed by atoms with Gasteiger partial charge in [-0.3, -0.25) is 4.79 Å². The van der Waals surface area contributed by atoms with E-state index in [2.05, 4.69) is 14.9 Å². The molecule has 6 heteroatoms. The van der Waals surface area contributed by atoms with Gasteiger partial charge in [-0.15, -0.1) is 11.3 Å². The molecule has 1 saturated heterocycles. The molecule has 4 rings (SSSR count). The molecule has 0 aromatic carbocycles. The molecule has 1 aliphatic heterocycles. The normalized spacial score (nSPS) is 21.7. The van der Waals surface area contributed by atoms with E-state index < -0.39 is 0 Å². The van der Waals surface area contributed by atoms with Crippen molar-refractivity contribution in [1.82, 2.24) is 9.97 Å². The monoisotopic (exact) mass is 302 g/mol. The van der Waals surface area contributed by atoms with E-state index in [1.54, 1.807) is 17.7 Å². The Hall–Kier alpha value is -1.69. The van der Waals surface area contributed by atoms with Crippen molar-refractivity contribution in [3.8, 4) is 0 Å². The molecule has 2 aliphatic rings. The SMILES string of the molecule is NC(=O)[C@@H]1CCCN1c1ncnc2sc3c(c12)CCCC3. The third kappa shape index (κ3) is 2.00. The molecule has 1 fully saturated rings. The summed E-state index contributed by atoms with van der Waals surface area (Å²) in [7, 11) is 0. The van der Waals surface area contributed by atoms with Gasteiger partial charge in [0.05, 0.1) is 5.39 Å². The van der Waals surface area contributed by atoms with Gasteiger partial charge in [-0.05, 0) is 44.1 Å². The molecule has 1 aliphatic carbocycles. The molecular formula is C15H18N4OS. The number of rotatable bonds is 2. The van der Waals surface area contributed by atoms with Crippen LogP contribution in [-0.4, -0.2) is 28.5 Å². The van der Waals surface area contributed by atoms with E-state index in [1.807, 2.05) is 0 Å². The Morgan fingerprint density at radius 1 is 1.29 bits per heavy atom. The number of primary amides is 1. The minimum Gasteiger partial charge on any atom is -0.368 e. The maximum atomic E-state index is 11.7. The first-order valence-corrected chi connectivity index (χ1v) is 8.38. The first kappa shape index (κ1) is 13.0. The molecule has 0 unspecified atom stereocenters. The molecule has 5 nitrogen and oxygen atoms in total. The van der Waals surface area contributed by atoms with E-state index in [0.29, 0.717) is 0 Å². The average molecular weight is 302 g/mol. The predicted octanol–water partition coefficient (Wildman–Crippen LogP) is 2.02. The number of aromatic nitrogens is 2. The molecule has 3 heterocycles. The smallest absolute Gasteiger partial charge is 0.240 e. The van der Waals surface area contributed by atoms with Gasteiger partial charge in [0.25, 0.3) is 0 Å². The van der Waals surface area contributed by atoms with Crippen molar-refractivity contribution in [1.29, 1.82) is 0 Å². The second-order valence-electron chi connectivity index (χ2n) is 5.84. The summed E-state index contributed by atoms with van der Waals surface area (Å²) in [5.74, 6) is 0.670. The van der Waals surface area contributed by atoms with Gasteiger partial charge in [0.1, 0.15) is 23.0 Å².